The summed E-state index contributed by atoms with van der Waals surface area (Å²) in [6.07, 6.45) is 0. The lowest BCUT2D eigenvalue weighted by Gasteiger charge is -2.14. The number of hydrogen-bond acceptors (Lipinski definition) is 4. The Morgan fingerprint density at radius 3 is 2.15 bits per heavy atom. The largest absolute Gasteiger partial charge is 0.493 e. The third kappa shape index (κ3) is 3.79. The lowest BCUT2D eigenvalue weighted by molar-refractivity contribution is 0.102. The number of aryl methyl sites for hydroxylation is 3. The van der Waals surface area contributed by atoms with Gasteiger partial charge in [-0.15, -0.1) is 0 Å². The number of benzene rings is 2. The lowest BCUT2D eigenvalue weighted by Crippen LogP contribution is -2.13. The number of anilines is 1. The van der Waals surface area contributed by atoms with E-state index in [4.69, 9.17) is 9.47 Å². The zero-order valence-corrected chi connectivity index (χ0v) is 16.2. The van der Waals surface area contributed by atoms with Crippen molar-refractivity contribution >= 4 is 11.6 Å². The quantitative estimate of drug-likeness (QED) is 0.740. The summed E-state index contributed by atoms with van der Waals surface area (Å²) < 4.78 is 12.4. The van der Waals surface area contributed by atoms with Gasteiger partial charge in [0, 0.05) is 23.0 Å². The number of nitrogens with zero attached hydrogens (tertiary/aromatic N) is 2. The van der Waals surface area contributed by atoms with Gasteiger partial charge in [-0.1, -0.05) is 0 Å². The van der Waals surface area contributed by atoms with Crippen LogP contribution in [0.4, 0.5) is 5.69 Å². The molecular formula is C21H23N3O3. The van der Waals surface area contributed by atoms with Crippen LogP contribution >= 0.6 is 0 Å². The van der Waals surface area contributed by atoms with E-state index in [9.17, 15) is 4.79 Å². The van der Waals surface area contributed by atoms with Gasteiger partial charge in [0.25, 0.3) is 5.91 Å². The van der Waals surface area contributed by atoms with Gasteiger partial charge in [0.2, 0.25) is 0 Å². The molecule has 0 fully saturated rings. The topological polar surface area (TPSA) is 65.4 Å². The molecule has 1 amide bonds. The van der Waals surface area contributed by atoms with Gasteiger partial charge in [-0.05, 0) is 62.7 Å². The van der Waals surface area contributed by atoms with E-state index in [1.807, 2.05) is 49.7 Å². The van der Waals surface area contributed by atoms with E-state index in [1.165, 1.54) is 0 Å². The molecule has 1 heterocycles. The lowest BCUT2D eigenvalue weighted by atomic mass is 10.1. The second kappa shape index (κ2) is 7.53. The van der Waals surface area contributed by atoms with Crippen LogP contribution in [0.25, 0.3) is 5.69 Å². The summed E-state index contributed by atoms with van der Waals surface area (Å²) in [4.78, 5) is 12.6. The van der Waals surface area contributed by atoms with Crippen LogP contribution in [-0.2, 0) is 0 Å². The maximum Gasteiger partial charge on any atom is 0.255 e. The maximum absolute atomic E-state index is 12.6. The van der Waals surface area contributed by atoms with Gasteiger partial charge in [0.15, 0.2) is 11.5 Å². The van der Waals surface area contributed by atoms with Crippen LogP contribution in [0.3, 0.4) is 0 Å². The first-order valence-corrected chi connectivity index (χ1v) is 8.60. The van der Waals surface area contributed by atoms with E-state index >= 15 is 0 Å². The molecule has 2 aromatic carbocycles. The molecule has 0 aliphatic rings. The Labute approximate surface area is 158 Å². The summed E-state index contributed by atoms with van der Waals surface area (Å²) >= 11 is 0. The highest BCUT2D eigenvalue weighted by molar-refractivity contribution is 6.04. The van der Waals surface area contributed by atoms with Crippen molar-refractivity contribution in [2.75, 3.05) is 19.5 Å². The van der Waals surface area contributed by atoms with E-state index in [0.717, 1.165) is 22.6 Å². The van der Waals surface area contributed by atoms with Crippen LogP contribution in [-0.4, -0.2) is 29.9 Å². The van der Waals surface area contributed by atoms with Crippen LogP contribution in [0.2, 0.25) is 0 Å². The van der Waals surface area contributed by atoms with Crippen molar-refractivity contribution in [1.29, 1.82) is 0 Å². The number of carbonyl (C=O) groups excluding carboxylic acids is 1. The predicted molar refractivity (Wildman–Crippen MR) is 105 cm³/mol. The van der Waals surface area contributed by atoms with Crippen molar-refractivity contribution in [1.82, 2.24) is 9.78 Å². The Hall–Kier alpha value is -3.28. The fourth-order valence-corrected chi connectivity index (χ4v) is 2.95. The van der Waals surface area contributed by atoms with Crippen molar-refractivity contribution in [2.24, 2.45) is 0 Å². The van der Waals surface area contributed by atoms with Crippen molar-refractivity contribution in [3.63, 3.8) is 0 Å². The van der Waals surface area contributed by atoms with Crippen LogP contribution < -0.4 is 14.8 Å². The van der Waals surface area contributed by atoms with Crippen molar-refractivity contribution in [3.05, 3.63) is 65.0 Å². The van der Waals surface area contributed by atoms with Gasteiger partial charge >= 0.3 is 0 Å². The normalized spacial score (nSPS) is 10.6. The first kappa shape index (κ1) is 18.5. The highest BCUT2D eigenvalue weighted by Crippen LogP contribution is 2.33. The zero-order valence-electron chi connectivity index (χ0n) is 16.2. The minimum Gasteiger partial charge on any atom is -0.493 e. The second-order valence-corrected chi connectivity index (χ2v) is 6.36. The van der Waals surface area contributed by atoms with Gasteiger partial charge < -0.3 is 14.8 Å². The average Bonchev–Trinajstić information content (AvgIpc) is 3.01. The molecule has 0 saturated carbocycles. The Kier molecular flexibility index (Phi) is 5.16. The average molecular weight is 365 g/mol. The standard InChI is InChI=1S/C21H23N3O3/c1-13-10-19(26-4)20(27-5)12-18(13)22-21(25)16-6-8-17(9-7-16)24-15(3)11-14(2)23-24/h6-12H,1-5H3,(H,22,25). The Morgan fingerprint density at radius 2 is 1.59 bits per heavy atom. The van der Waals surface area contributed by atoms with E-state index in [0.29, 0.717) is 22.7 Å². The Morgan fingerprint density at radius 1 is 0.963 bits per heavy atom. The number of carbonyl (C=O) groups is 1. The molecule has 0 bridgehead atoms. The zero-order chi connectivity index (χ0) is 19.6. The number of aromatic nitrogens is 2. The van der Waals surface area contributed by atoms with E-state index in [-0.39, 0.29) is 5.91 Å². The molecule has 0 atom stereocenters. The molecule has 0 radical (unpaired) electrons. The number of ether oxygens (including phenoxy) is 2. The van der Waals surface area contributed by atoms with Gasteiger partial charge in [-0.25, -0.2) is 4.68 Å². The molecule has 3 rings (SSSR count). The van der Waals surface area contributed by atoms with Crippen molar-refractivity contribution in [2.45, 2.75) is 20.8 Å². The molecule has 0 aliphatic heterocycles. The van der Waals surface area contributed by atoms with E-state index < -0.39 is 0 Å². The molecule has 0 aliphatic carbocycles. The fourth-order valence-electron chi connectivity index (χ4n) is 2.95. The number of nitrogens with one attached hydrogen (secondary N) is 1. The summed E-state index contributed by atoms with van der Waals surface area (Å²) in [5.41, 5.74) is 5.05. The molecule has 1 N–H and O–H groups in total. The molecule has 1 aromatic heterocycles. The summed E-state index contributed by atoms with van der Waals surface area (Å²) in [7, 11) is 3.15. The Balaban J connectivity index is 1.82. The Bertz CT molecular complexity index is 975. The summed E-state index contributed by atoms with van der Waals surface area (Å²) in [6, 6.07) is 13.0. The van der Waals surface area contributed by atoms with Crippen LogP contribution in [0.1, 0.15) is 27.3 Å². The smallest absolute Gasteiger partial charge is 0.255 e. The molecular weight excluding hydrogens is 342 g/mol. The van der Waals surface area contributed by atoms with Crippen LogP contribution in [0, 0.1) is 20.8 Å². The minimum absolute atomic E-state index is 0.190. The molecule has 6 heteroatoms. The van der Waals surface area contributed by atoms with E-state index in [1.54, 1.807) is 32.4 Å². The van der Waals surface area contributed by atoms with Gasteiger partial charge in [-0.3, -0.25) is 4.79 Å². The van der Waals surface area contributed by atoms with Gasteiger partial charge in [0.1, 0.15) is 0 Å². The third-order valence-electron chi connectivity index (χ3n) is 4.36. The molecule has 3 aromatic rings. The van der Waals surface area contributed by atoms with Gasteiger partial charge in [0.05, 0.1) is 25.6 Å². The molecule has 6 nitrogen and oxygen atoms in total. The molecule has 27 heavy (non-hydrogen) atoms. The highest BCUT2D eigenvalue weighted by Gasteiger charge is 2.13. The van der Waals surface area contributed by atoms with Crippen LogP contribution in [0.15, 0.2) is 42.5 Å². The second-order valence-electron chi connectivity index (χ2n) is 6.36. The number of amides is 1. The van der Waals surface area contributed by atoms with Crippen LogP contribution in [0.5, 0.6) is 11.5 Å². The number of hydrogen-bond donors (Lipinski definition) is 1. The summed E-state index contributed by atoms with van der Waals surface area (Å²) in [5, 5.41) is 7.39. The first-order valence-electron chi connectivity index (χ1n) is 8.60. The summed E-state index contributed by atoms with van der Waals surface area (Å²) in [5.74, 6) is 1.01. The molecule has 0 unspecified atom stereocenters. The maximum atomic E-state index is 12.6. The van der Waals surface area contributed by atoms with Gasteiger partial charge in [-0.2, -0.15) is 5.10 Å². The SMILES string of the molecule is COc1cc(C)c(NC(=O)c2ccc(-n3nc(C)cc3C)cc2)cc1OC. The molecule has 0 spiro atoms. The molecule has 0 saturated heterocycles. The minimum atomic E-state index is -0.190. The van der Waals surface area contributed by atoms with Crippen molar-refractivity contribution in [3.8, 4) is 17.2 Å². The highest BCUT2D eigenvalue weighted by atomic mass is 16.5. The monoisotopic (exact) mass is 365 g/mol. The summed E-state index contributed by atoms with van der Waals surface area (Å²) in [6.45, 7) is 5.86. The number of rotatable bonds is 5. The first-order chi connectivity index (χ1) is 12.9. The molecule has 140 valence electrons. The number of methoxy groups -OCH3 is 2. The fraction of sp³-hybridized carbons (Fsp3) is 0.238. The van der Waals surface area contributed by atoms with E-state index in [2.05, 4.69) is 10.4 Å². The predicted octanol–water partition coefficient (Wildman–Crippen LogP) is 4.07. The van der Waals surface area contributed by atoms with Crippen molar-refractivity contribution < 1.29 is 14.3 Å². The third-order valence-corrected chi connectivity index (χ3v) is 4.36.